The lowest BCUT2D eigenvalue weighted by Crippen LogP contribution is -2.56. The zero-order chi connectivity index (χ0) is 22.8. The number of nitrogens with one attached hydrogen (secondary N) is 2. The molecule has 4 aliphatic carbocycles. The summed E-state index contributed by atoms with van der Waals surface area (Å²) in [4.78, 5) is 42.0. The van der Waals surface area contributed by atoms with Gasteiger partial charge in [-0.3, -0.25) is 19.3 Å². The Bertz CT molecular complexity index is 843. The van der Waals surface area contributed by atoms with Crippen molar-refractivity contribution in [2.24, 2.45) is 23.2 Å². The molecule has 0 atom stereocenters. The summed E-state index contributed by atoms with van der Waals surface area (Å²) in [6.45, 7) is 3.51. The molecule has 7 nitrogen and oxygen atoms in total. The Morgan fingerprint density at radius 1 is 0.848 bits per heavy atom. The van der Waals surface area contributed by atoms with Crippen molar-refractivity contribution in [3.05, 3.63) is 35.9 Å². The number of piperazine rings is 1. The number of hydrogen-bond donors (Lipinski definition) is 2. The fourth-order valence-electron chi connectivity index (χ4n) is 7.05. The lowest BCUT2D eigenvalue weighted by molar-refractivity contribution is -0.148. The molecule has 6 rings (SSSR count). The van der Waals surface area contributed by atoms with Crippen LogP contribution in [0.2, 0.25) is 0 Å². The first kappa shape index (κ1) is 22.4. The minimum absolute atomic E-state index is 0.00136. The normalized spacial score (nSPS) is 30.8. The molecule has 0 radical (unpaired) electrons. The van der Waals surface area contributed by atoms with Crippen LogP contribution in [-0.2, 0) is 20.9 Å². The van der Waals surface area contributed by atoms with Crippen LogP contribution in [0.3, 0.4) is 0 Å². The van der Waals surface area contributed by atoms with Gasteiger partial charge in [0.05, 0.1) is 13.1 Å². The van der Waals surface area contributed by atoms with Crippen LogP contribution in [-0.4, -0.2) is 66.8 Å². The van der Waals surface area contributed by atoms with Crippen LogP contribution in [0, 0.1) is 23.2 Å². The van der Waals surface area contributed by atoms with Gasteiger partial charge in [0.25, 0.3) is 0 Å². The van der Waals surface area contributed by atoms with Crippen LogP contribution in [0.1, 0.15) is 44.1 Å². The van der Waals surface area contributed by atoms with E-state index in [-0.39, 0.29) is 29.7 Å². The zero-order valence-electron chi connectivity index (χ0n) is 19.4. The van der Waals surface area contributed by atoms with Gasteiger partial charge in [0.2, 0.25) is 17.7 Å². The van der Waals surface area contributed by atoms with Crippen LogP contribution in [0.25, 0.3) is 0 Å². The van der Waals surface area contributed by atoms with Gasteiger partial charge in [-0.2, -0.15) is 0 Å². The monoisotopic (exact) mass is 452 g/mol. The molecule has 3 amide bonds. The van der Waals surface area contributed by atoms with Crippen LogP contribution in [0.4, 0.5) is 0 Å². The summed E-state index contributed by atoms with van der Waals surface area (Å²) >= 11 is 0. The number of hydrogen-bond acceptors (Lipinski definition) is 4. The molecule has 33 heavy (non-hydrogen) atoms. The van der Waals surface area contributed by atoms with Crippen molar-refractivity contribution < 1.29 is 14.4 Å². The number of carbonyl (C=O) groups excluding carboxylic acids is 3. The van der Waals surface area contributed by atoms with Crippen LogP contribution in [0.15, 0.2) is 30.3 Å². The minimum Gasteiger partial charge on any atom is -0.351 e. The van der Waals surface area contributed by atoms with Crippen molar-refractivity contribution in [1.82, 2.24) is 20.4 Å². The second-order valence-corrected chi connectivity index (χ2v) is 10.8. The first-order chi connectivity index (χ1) is 16.0. The maximum atomic E-state index is 13.1. The molecule has 1 aliphatic heterocycles. The van der Waals surface area contributed by atoms with Crippen LogP contribution in [0.5, 0.6) is 0 Å². The summed E-state index contributed by atoms with van der Waals surface area (Å²) in [5.41, 5.74) is 0.873. The first-order valence-electron chi connectivity index (χ1n) is 12.6. The van der Waals surface area contributed by atoms with Crippen molar-refractivity contribution in [3.63, 3.8) is 0 Å². The van der Waals surface area contributed by atoms with E-state index in [1.54, 1.807) is 0 Å². The van der Waals surface area contributed by atoms with Crippen LogP contribution >= 0.6 is 0 Å². The van der Waals surface area contributed by atoms with E-state index in [4.69, 9.17) is 0 Å². The Kier molecular flexibility index (Phi) is 6.41. The van der Waals surface area contributed by atoms with Crippen molar-refractivity contribution >= 4 is 17.7 Å². The Balaban J connectivity index is 1.02. The number of nitrogens with zero attached hydrogens (tertiary/aromatic N) is 2. The van der Waals surface area contributed by atoms with E-state index >= 15 is 0 Å². The standard InChI is InChI=1S/C26H36N4O3/c31-23(27-16-19-4-2-1-3-5-19)18-29-6-8-30(9-7-29)24(32)17-28-25(33)26-13-20-10-21(14-26)12-22(11-20)15-26/h1-5,20-22H,6-18H2,(H,27,31)(H,28,33). The summed E-state index contributed by atoms with van der Waals surface area (Å²) in [6, 6.07) is 9.87. The molecule has 5 aliphatic rings. The molecule has 1 saturated heterocycles. The van der Waals surface area contributed by atoms with E-state index in [2.05, 4.69) is 15.5 Å². The van der Waals surface area contributed by atoms with Gasteiger partial charge in [0.1, 0.15) is 0 Å². The highest BCUT2D eigenvalue weighted by Gasteiger charge is 2.54. The van der Waals surface area contributed by atoms with E-state index in [0.29, 0.717) is 39.3 Å². The summed E-state index contributed by atoms with van der Waals surface area (Å²) in [5, 5.41) is 5.96. The fraction of sp³-hybridized carbons (Fsp3) is 0.654. The summed E-state index contributed by atoms with van der Waals surface area (Å²) in [6.07, 6.45) is 6.97. The third kappa shape index (κ3) is 5.08. The molecule has 178 valence electrons. The van der Waals surface area contributed by atoms with Gasteiger partial charge in [-0.25, -0.2) is 0 Å². The largest absolute Gasteiger partial charge is 0.351 e. The topological polar surface area (TPSA) is 81.8 Å². The number of rotatable bonds is 7. The second kappa shape index (κ2) is 9.45. The predicted octanol–water partition coefficient (Wildman–Crippen LogP) is 1.78. The molecule has 1 aromatic rings. The summed E-state index contributed by atoms with van der Waals surface area (Å²) in [7, 11) is 0. The van der Waals surface area contributed by atoms with E-state index < -0.39 is 0 Å². The van der Waals surface area contributed by atoms with Crippen molar-refractivity contribution in [2.45, 2.75) is 45.1 Å². The molecule has 1 heterocycles. The molecule has 5 fully saturated rings. The van der Waals surface area contributed by atoms with E-state index in [1.165, 1.54) is 19.3 Å². The molecule has 0 unspecified atom stereocenters. The average molecular weight is 453 g/mol. The Morgan fingerprint density at radius 2 is 1.45 bits per heavy atom. The highest BCUT2D eigenvalue weighted by molar-refractivity contribution is 5.88. The number of benzene rings is 1. The fourth-order valence-corrected chi connectivity index (χ4v) is 7.05. The Hall–Kier alpha value is -2.41. The van der Waals surface area contributed by atoms with Gasteiger partial charge in [0, 0.05) is 38.1 Å². The summed E-state index contributed by atoms with van der Waals surface area (Å²) in [5.74, 6) is 2.26. The minimum atomic E-state index is -0.208. The van der Waals surface area contributed by atoms with Gasteiger partial charge in [-0.05, 0) is 61.8 Å². The van der Waals surface area contributed by atoms with Gasteiger partial charge in [-0.15, -0.1) is 0 Å². The van der Waals surface area contributed by atoms with Gasteiger partial charge < -0.3 is 15.5 Å². The molecular weight excluding hydrogens is 416 g/mol. The van der Waals surface area contributed by atoms with Gasteiger partial charge >= 0.3 is 0 Å². The average Bonchev–Trinajstić information content (AvgIpc) is 2.81. The maximum absolute atomic E-state index is 13.1. The Morgan fingerprint density at radius 3 is 2.06 bits per heavy atom. The van der Waals surface area contributed by atoms with Crippen LogP contribution < -0.4 is 10.6 Å². The number of carbonyl (C=O) groups is 3. The molecule has 1 aromatic carbocycles. The quantitative estimate of drug-likeness (QED) is 0.661. The smallest absolute Gasteiger partial charge is 0.242 e. The molecule has 0 spiro atoms. The highest BCUT2D eigenvalue weighted by Crippen LogP contribution is 2.60. The van der Waals surface area contributed by atoms with Crippen molar-refractivity contribution in [1.29, 1.82) is 0 Å². The van der Waals surface area contributed by atoms with Crippen molar-refractivity contribution in [2.75, 3.05) is 39.3 Å². The first-order valence-corrected chi connectivity index (χ1v) is 12.6. The van der Waals surface area contributed by atoms with E-state index in [0.717, 1.165) is 42.6 Å². The Labute approximate surface area is 196 Å². The molecule has 4 saturated carbocycles. The molecule has 2 N–H and O–H groups in total. The summed E-state index contributed by atoms with van der Waals surface area (Å²) < 4.78 is 0. The molecular formula is C26H36N4O3. The lowest BCUT2D eigenvalue weighted by Gasteiger charge is -2.55. The lowest BCUT2D eigenvalue weighted by atomic mass is 9.49. The van der Waals surface area contributed by atoms with Crippen molar-refractivity contribution in [3.8, 4) is 0 Å². The SMILES string of the molecule is O=C(CN1CCN(C(=O)CNC(=O)C23CC4CC(CC(C4)C2)C3)CC1)NCc1ccccc1. The second-order valence-electron chi connectivity index (χ2n) is 10.8. The molecule has 7 heteroatoms. The number of amides is 3. The third-order valence-electron chi connectivity index (χ3n) is 8.34. The van der Waals surface area contributed by atoms with Gasteiger partial charge in [0.15, 0.2) is 0 Å². The van der Waals surface area contributed by atoms with E-state index in [9.17, 15) is 14.4 Å². The van der Waals surface area contributed by atoms with E-state index in [1.807, 2.05) is 35.2 Å². The predicted molar refractivity (Wildman–Crippen MR) is 125 cm³/mol. The van der Waals surface area contributed by atoms with Gasteiger partial charge in [-0.1, -0.05) is 30.3 Å². The highest BCUT2D eigenvalue weighted by atomic mass is 16.2. The molecule has 0 aromatic heterocycles. The maximum Gasteiger partial charge on any atom is 0.242 e. The molecule has 4 bridgehead atoms. The third-order valence-corrected chi connectivity index (χ3v) is 8.34. The zero-order valence-corrected chi connectivity index (χ0v) is 19.4.